The van der Waals surface area contributed by atoms with E-state index >= 15 is 0 Å². The molecule has 0 amide bonds. The highest BCUT2D eigenvalue weighted by Gasteiger charge is 2.16. The molecule has 0 atom stereocenters. The Morgan fingerprint density at radius 3 is 2.76 bits per heavy atom. The van der Waals surface area contributed by atoms with Gasteiger partial charge in [0.1, 0.15) is 0 Å². The van der Waals surface area contributed by atoms with Crippen molar-refractivity contribution in [1.82, 2.24) is 0 Å². The summed E-state index contributed by atoms with van der Waals surface area (Å²) in [5.74, 6) is 1.43. The predicted molar refractivity (Wildman–Crippen MR) is 77.7 cm³/mol. The Labute approximate surface area is 122 Å². The molecule has 110 valence electrons. The second-order valence-corrected chi connectivity index (χ2v) is 6.14. The Hall–Kier alpha value is -2.25. The van der Waals surface area contributed by atoms with Gasteiger partial charge in [0, 0.05) is 17.8 Å². The first-order valence-electron chi connectivity index (χ1n) is 6.28. The van der Waals surface area contributed by atoms with Crippen LogP contribution in [0, 0.1) is 0 Å². The molecule has 6 nitrogen and oxygen atoms in total. The minimum absolute atomic E-state index is 0.0744. The van der Waals surface area contributed by atoms with E-state index in [1.54, 1.807) is 12.1 Å². The molecule has 3 rings (SSSR count). The van der Waals surface area contributed by atoms with Crippen LogP contribution >= 0.6 is 0 Å². The Morgan fingerprint density at radius 2 is 1.95 bits per heavy atom. The van der Waals surface area contributed by atoms with E-state index in [2.05, 4.69) is 5.32 Å². The lowest BCUT2D eigenvalue weighted by Crippen LogP contribution is -2.12. The van der Waals surface area contributed by atoms with Crippen LogP contribution in [0.1, 0.15) is 5.56 Å². The number of hydrogen-bond acceptors (Lipinski definition) is 5. The first kappa shape index (κ1) is 13.7. The number of hydrogen-bond donors (Lipinski definition) is 2. The van der Waals surface area contributed by atoms with Crippen LogP contribution in [0.25, 0.3) is 0 Å². The standard InChI is InChI=1S/C14H14N2O4S/c15-21(17,18)12-5-2-4-11(7-12)16-8-10-3-1-6-13-14(10)20-9-19-13/h1-7,16H,8-9H2,(H2,15,17,18). The van der Waals surface area contributed by atoms with Gasteiger partial charge in [0.15, 0.2) is 11.5 Å². The van der Waals surface area contributed by atoms with E-state index in [1.807, 2.05) is 18.2 Å². The molecule has 0 saturated heterocycles. The van der Waals surface area contributed by atoms with Gasteiger partial charge in [-0.2, -0.15) is 0 Å². The quantitative estimate of drug-likeness (QED) is 0.896. The molecule has 2 aromatic rings. The topological polar surface area (TPSA) is 90.7 Å². The van der Waals surface area contributed by atoms with Crippen LogP contribution in [0.4, 0.5) is 5.69 Å². The van der Waals surface area contributed by atoms with Gasteiger partial charge in [-0.3, -0.25) is 0 Å². The fourth-order valence-corrected chi connectivity index (χ4v) is 2.67. The van der Waals surface area contributed by atoms with Crippen molar-refractivity contribution in [2.45, 2.75) is 11.4 Å². The van der Waals surface area contributed by atoms with Crippen molar-refractivity contribution in [3.63, 3.8) is 0 Å². The van der Waals surface area contributed by atoms with Crippen molar-refractivity contribution in [1.29, 1.82) is 0 Å². The van der Waals surface area contributed by atoms with Gasteiger partial charge in [-0.05, 0) is 24.3 Å². The minimum Gasteiger partial charge on any atom is -0.454 e. The molecule has 3 N–H and O–H groups in total. The molecule has 7 heteroatoms. The summed E-state index contributed by atoms with van der Waals surface area (Å²) in [6.45, 7) is 0.702. The van der Waals surface area contributed by atoms with Crippen molar-refractivity contribution in [3.8, 4) is 11.5 Å². The summed E-state index contributed by atoms with van der Waals surface area (Å²) in [7, 11) is -3.70. The minimum atomic E-state index is -3.70. The summed E-state index contributed by atoms with van der Waals surface area (Å²) < 4.78 is 33.4. The molecular formula is C14H14N2O4S. The molecule has 2 aromatic carbocycles. The number of primary sulfonamides is 1. The predicted octanol–water partition coefficient (Wildman–Crippen LogP) is 1.67. The van der Waals surface area contributed by atoms with E-state index in [-0.39, 0.29) is 11.7 Å². The van der Waals surface area contributed by atoms with Crippen molar-refractivity contribution >= 4 is 15.7 Å². The molecule has 0 radical (unpaired) electrons. The lowest BCUT2D eigenvalue weighted by Gasteiger charge is -2.09. The Morgan fingerprint density at radius 1 is 1.14 bits per heavy atom. The number of para-hydroxylation sites is 1. The molecule has 0 saturated carbocycles. The SMILES string of the molecule is NS(=O)(=O)c1cccc(NCc2cccc3c2OCO3)c1. The highest BCUT2D eigenvalue weighted by molar-refractivity contribution is 7.89. The average molecular weight is 306 g/mol. The first-order valence-corrected chi connectivity index (χ1v) is 7.83. The molecule has 21 heavy (non-hydrogen) atoms. The molecule has 0 fully saturated rings. The smallest absolute Gasteiger partial charge is 0.238 e. The number of ether oxygens (including phenoxy) is 2. The van der Waals surface area contributed by atoms with Gasteiger partial charge in [-0.1, -0.05) is 18.2 Å². The number of nitrogens with one attached hydrogen (secondary N) is 1. The third kappa shape index (κ3) is 2.93. The maximum Gasteiger partial charge on any atom is 0.238 e. The molecule has 0 unspecified atom stereocenters. The summed E-state index contributed by atoms with van der Waals surface area (Å²) in [5, 5.41) is 8.26. The summed E-state index contributed by atoms with van der Waals surface area (Å²) in [5.41, 5.74) is 1.60. The van der Waals surface area contributed by atoms with Crippen molar-refractivity contribution in [2.75, 3.05) is 12.1 Å². The monoisotopic (exact) mass is 306 g/mol. The molecule has 0 spiro atoms. The van der Waals surface area contributed by atoms with E-state index in [1.165, 1.54) is 12.1 Å². The van der Waals surface area contributed by atoms with Gasteiger partial charge in [0.05, 0.1) is 4.90 Å². The largest absolute Gasteiger partial charge is 0.454 e. The van der Waals surface area contributed by atoms with Crippen LogP contribution in [0.2, 0.25) is 0 Å². The number of fused-ring (bicyclic) bond motifs is 1. The number of anilines is 1. The number of nitrogens with two attached hydrogens (primary N) is 1. The van der Waals surface area contributed by atoms with Crippen molar-refractivity contribution in [3.05, 3.63) is 48.0 Å². The van der Waals surface area contributed by atoms with Crippen LogP contribution < -0.4 is 19.9 Å². The first-order chi connectivity index (χ1) is 10.0. The molecule has 0 bridgehead atoms. The zero-order valence-corrected chi connectivity index (χ0v) is 11.9. The van der Waals surface area contributed by atoms with Crippen LogP contribution in [-0.2, 0) is 16.6 Å². The Kier molecular flexibility index (Phi) is 3.44. The number of rotatable bonds is 4. The van der Waals surface area contributed by atoms with Gasteiger partial charge in [-0.25, -0.2) is 13.6 Å². The van der Waals surface area contributed by atoms with Crippen LogP contribution in [0.3, 0.4) is 0 Å². The molecule has 1 heterocycles. The third-order valence-electron chi connectivity index (χ3n) is 3.12. The van der Waals surface area contributed by atoms with E-state index in [0.29, 0.717) is 23.7 Å². The van der Waals surface area contributed by atoms with E-state index < -0.39 is 10.0 Å². The fraction of sp³-hybridized carbons (Fsp3) is 0.143. The molecule has 0 aromatic heterocycles. The summed E-state index contributed by atoms with van der Waals surface area (Å²) >= 11 is 0. The molecule has 1 aliphatic rings. The van der Waals surface area contributed by atoms with E-state index in [0.717, 1.165) is 5.56 Å². The average Bonchev–Trinajstić information content (AvgIpc) is 2.93. The Bertz CT molecular complexity index is 774. The lowest BCUT2D eigenvalue weighted by molar-refractivity contribution is 0.173. The zero-order chi connectivity index (χ0) is 14.9. The Balaban J connectivity index is 1.79. The van der Waals surface area contributed by atoms with Crippen LogP contribution in [0.5, 0.6) is 11.5 Å². The van der Waals surface area contributed by atoms with E-state index in [4.69, 9.17) is 14.6 Å². The van der Waals surface area contributed by atoms with Crippen LogP contribution in [0.15, 0.2) is 47.4 Å². The third-order valence-corrected chi connectivity index (χ3v) is 4.03. The zero-order valence-electron chi connectivity index (χ0n) is 11.1. The van der Waals surface area contributed by atoms with Gasteiger partial charge in [0.25, 0.3) is 0 Å². The number of sulfonamides is 1. The summed E-state index contributed by atoms with van der Waals surface area (Å²) in [6, 6.07) is 12.0. The van der Waals surface area contributed by atoms with Gasteiger partial charge < -0.3 is 14.8 Å². The fourth-order valence-electron chi connectivity index (χ4n) is 2.11. The van der Waals surface area contributed by atoms with E-state index in [9.17, 15) is 8.42 Å². The number of benzene rings is 2. The highest BCUT2D eigenvalue weighted by Crippen LogP contribution is 2.35. The van der Waals surface area contributed by atoms with Crippen molar-refractivity contribution < 1.29 is 17.9 Å². The van der Waals surface area contributed by atoms with Crippen molar-refractivity contribution in [2.24, 2.45) is 5.14 Å². The molecule has 1 aliphatic heterocycles. The van der Waals surface area contributed by atoms with Gasteiger partial charge >= 0.3 is 0 Å². The van der Waals surface area contributed by atoms with Gasteiger partial charge in [0.2, 0.25) is 16.8 Å². The van der Waals surface area contributed by atoms with Gasteiger partial charge in [-0.15, -0.1) is 0 Å². The summed E-state index contributed by atoms with van der Waals surface area (Å²) in [6.07, 6.45) is 0. The maximum atomic E-state index is 11.3. The maximum absolute atomic E-state index is 11.3. The molecular weight excluding hydrogens is 292 g/mol. The second-order valence-electron chi connectivity index (χ2n) is 4.58. The van der Waals surface area contributed by atoms with Crippen LogP contribution in [-0.4, -0.2) is 15.2 Å². The normalized spacial score (nSPS) is 13.2. The summed E-state index contributed by atoms with van der Waals surface area (Å²) in [4.78, 5) is 0.0744. The second kappa shape index (κ2) is 5.27. The highest BCUT2D eigenvalue weighted by atomic mass is 32.2. The lowest BCUT2D eigenvalue weighted by atomic mass is 10.2. The molecule has 0 aliphatic carbocycles.